The molecule has 11 heteroatoms. The number of hydrogen-bond acceptors (Lipinski definition) is 8. The van der Waals surface area contributed by atoms with Crippen LogP contribution in [-0.4, -0.2) is 45.1 Å². The van der Waals surface area contributed by atoms with Crippen molar-refractivity contribution in [1.82, 2.24) is 10.1 Å². The summed E-state index contributed by atoms with van der Waals surface area (Å²) in [7, 11) is 0. The molecule has 3 fully saturated rings. The van der Waals surface area contributed by atoms with Crippen LogP contribution in [0.4, 0.5) is 0 Å². The summed E-state index contributed by atoms with van der Waals surface area (Å²) >= 11 is 14.3. The van der Waals surface area contributed by atoms with Crippen LogP contribution in [0.1, 0.15) is 51.9 Å². The van der Waals surface area contributed by atoms with Crippen molar-refractivity contribution in [3.63, 3.8) is 0 Å². The normalized spacial score (nSPS) is 26.4. The highest BCUT2D eigenvalue weighted by molar-refractivity contribution is 7.18. The number of fused-ring (bicyclic) bond motifs is 3. The minimum atomic E-state index is -1.32. The summed E-state index contributed by atoms with van der Waals surface area (Å²) in [5.41, 5.74) is 1.54. The third kappa shape index (κ3) is 3.79. The quantitative estimate of drug-likeness (QED) is 0.276. The van der Waals surface area contributed by atoms with Crippen molar-refractivity contribution in [3.8, 4) is 11.3 Å². The number of halogens is 2. The second kappa shape index (κ2) is 9.01. The Morgan fingerprint density at radius 3 is 2.74 bits per heavy atom. The van der Waals surface area contributed by atoms with Crippen LogP contribution in [0, 0.1) is 5.92 Å². The number of carboxylic acid groups (broad SMARTS) is 1. The molecule has 2 aromatic heterocycles. The molecule has 0 spiro atoms. The predicted molar refractivity (Wildman–Crippen MR) is 141 cm³/mol. The summed E-state index contributed by atoms with van der Waals surface area (Å²) in [6, 6.07) is 10.1. The van der Waals surface area contributed by atoms with Gasteiger partial charge in [0.2, 0.25) is 0 Å². The molecule has 38 heavy (non-hydrogen) atoms. The Morgan fingerprint density at radius 1 is 1.21 bits per heavy atom. The lowest BCUT2D eigenvalue weighted by atomic mass is 9.92. The van der Waals surface area contributed by atoms with Gasteiger partial charge in [-0.05, 0) is 43.2 Å². The number of nitrogens with zero attached hydrogens (tertiary/aromatic N) is 2. The summed E-state index contributed by atoms with van der Waals surface area (Å²) in [5, 5.41) is 27.0. The van der Waals surface area contributed by atoms with Gasteiger partial charge < -0.3 is 24.2 Å². The van der Waals surface area contributed by atoms with E-state index < -0.39 is 17.7 Å². The van der Waals surface area contributed by atoms with Crippen molar-refractivity contribution in [2.24, 2.45) is 5.92 Å². The summed E-state index contributed by atoms with van der Waals surface area (Å²) in [6.45, 7) is 0.572. The van der Waals surface area contributed by atoms with Crippen LogP contribution in [-0.2, 0) is 21.7 Å². The van der Waals surface area contributed by atoms with Crippen LogP contribution < -0.4 is 0 Å². The summed E-state index contributed by atoms with van der Waals surface area (Å²) in [6.07, 6.45) is 1.81. The van der Waals surface area contributed by atoms with E-state index >= 15 is 0 Å². The zero-order chi connectivity index (χ0) is 26.2. The van der Waals surface area contributed by atoms with Gasteiger partial charge >= 0.3 is 5.97 Å². The number of benzene rings is 2. The fraction of sp³-hybridized carbons (Fsp3) is 0.370. The van der Waals surface area contributed by atoms with Crippen molar-refractivity contribution >= 4 is 50.7 Å². The Morgan fingerprint density at radius 2 is 2.00 bits per heavy atom. The van der Waals surface area contributed by atoms with Crippen molar-refractivity contribution < 1.29 is 29.0 Å². The van der Waals surface area contributed by atoms with Crippen LogP contribution >= 0.6 is 34.5 Å². The van der Waals surface area contributed by atoms with E-state index in [0.717, 1.165) is 24.2 Å². The third-order valence-electron chi connectivity index (χ3n) is 7.81. The lowest BCUT2D eigenvalue weighted by Crippen LogP contribution is -2.36. The largest absolute Gasteiger partial charge is 0.478 e. The monoisotopic (exact) mass is 572 g/mol. The molecule has 2 aromatic carbocycles. The molecule has 2 aliphatic carbocycles. The van der Waals surface area contributed by atoms with Gasteiger partial charge in [-0.25, -0.2) is 9.78 Å². The molecule has 1 saturated heterocycles. The maximum atomic E-state index is 11.9. The lowest BCUT2D eigenvalue weighted by molar-refractivity contribution is -0.0467. The van der Waals surface area contributed by atoms with E-state index in [0.29, 0.717) is 55.5 Å². The number of thiazole rings is 1. The first kappa shape index (κ1) is 24.5. The highest BCUT2D eigenvalue weighted by Crippen LogP contribution is 2.53. The van der Waals surface area contributed by atoms with Crippen LogP contribution in [0.2, 0.25) is 10.0 Å². The number of carboxylic acids is 1. The van der Waals surface area contributed by atoms with Crippen LogP contribution in [0.25, 0.3) is 21.5 Å². The first-order valence-electron chi connectivity index (χ1n) is 12.4. The summed E-state index contributed by atoms with van der Waals surface area (Å²) in [5.74, 6) is -0.237. The molecule has 7 rings (SSSR count). The zero-order valence-corrected chi connectivity index (χ0v) is 22.2. The number of hydrogen-bond donors (Lipinski definition) is 2. The third-order valence-corrected chi connectivity index (χ3v) is 9.60. The highest BCUT2D eigenvalue weighted by atomic mass is 35.5. The molecule has 0 radical (unpaired) electrons. The van der Waals surface area contributed by atoms with Crippen LogP contribution in [0.5, 0.6) is 0 Å². The number of aliphatic hydroxyl groups is 1. The minimum absolute atomic E-state index is 0.182. The highest BCUT2D eigenvalue weighted by Gasteiger charge is 2.63. The first-order chi connectivity index (χ1) is 18.3. The Hall–Kier alpha value is -2.53. The summed E-state index contributed by atoms with van der Waals surface area (Å²) in [4.78, 5) is 16.0. The fourth-order valence-corrected chi connectivity index (χ4v) is 7.45. The Bertz CT molecular complexity index is 1560. The zero-order valence-electron chi connectivity index (χ0n) is 19.9. The molecule has 3 heterocycles. The smallest absolute Gasteiger partial charge is 0.335 e. The van der Waals surface area contributed by atoms with Crippen molar-refractivity contribution in [1.29, 1.82) is 0 Å². The van der Waals surface area contributed by atoms with Gasteiger partial charge in [0.15, 0.2) is 0 Å². The van der Waals surface area contributed by atoms with Gasteiger partial charge in [0.05, 0.1) is 51.2 Å². The molecule has 4 atom stereocenters. The molecule has 4 unspecified atom stereocenters. The van der Waals surface area contributed by atoms with E-state index in [-0.39, 0.29) is 24.2 Å². The maximum absolute atomic E-state index is 11.9. The second-order valence-corrected chi connectivity index (χ2v) is 11.9. The van der Waals surface area contributed by atoms with Crippen molar-refractivity contribution in [3.05, 3.63) is 68.3 Å². The van der Waals surface area contributed by atoms with Crippen molar-refractivity contribution in [2.45, 2.75) is 49.6 Å². The number of rotatable bonds is 7. The Balaban J connectivity index is 1.17. The fourth-order valence-electron chi connectivity index (χ4n) is 5.67. The number of carbonyl (C=O) groups is 1. The molecule has 1 aliphatic heterocycles. The van der Waals surface area contributed by atoms with E-state index in [1.807, 2.05) is 0 Å². The number of aromatic nitrogens is 2. The molecule has 3 aliphatic rings. The standard InChI is InChI=1S/C27H22Cl2N2O6S/c28-16-2-1-3-17(29)22(16)23-14(24(37-31-23)12-4-5-12)10-35-19-9-21-27(34,15(19)11-36-21)26-30-18-7-6-13(25(32)33)8-20(18)38-26/h1-3,6-8,12,15,19,21,34H,4-5,9-11H2,(H,32,33). The van der Waals surface area contributed by atoms with Gasteiger partial charge in [0.25, 0.3) is 0 Å². The first-order valence-corrected chi connectivity index (χ1v) is 13.9. The predicted octanol–water partition coefficient (Wildman–Crippen LogP) is 6.03. The SMILES string of the molecule is O=C(O)c1ccc2nc(C3(O)C4CC(OCc5c(-c6c(Cl)cccc6Cl)noc5C5CC5)C3CO4)sc2c1. The molecule has 2 saturated carbocycles. The molecule has 8 nitrogen and oxygen atoms in total. The van der Waals surface area contributed by atoms with Gasteiger partial charge in [-0.15, -0.1) is 11.3 Å². The molecule has 4 aromatic rings. The van der Waals surface area contributed by atoms with Gasteiger partial charge in [-0.2, -0.15) is 0 Å². The van der Waals surface area contributed by atoms with E-state index in [4.69, 9.17) is 37.2 Å². The van der Waals surface area contributed by atoms with Gasteiger partial charge in [0, 0.05) is 29.4 Å². The molecular formula is C27H22Cl2N2O6S. The summed E-state index contributed by atoms with van der Waals surface area (Å²) < 4.78 is 18.8. The van der Waals surface area contributed by atoms with Gasteiger partial charge in [-0.3, -0.25) is 0 Å². The van der Waals surface area contributed by atoms with Crippen LogP contribution in [0.3, 0.4) is 0 Å². The minimum Gasteiger partial charge on any atom is -0.478 e. The molecule has 2 N–H and O–H groups in total. The molecule has 0 amide bonds. The second-order valence-electron chi connectivity index (χ2n) is 10.1. The average molecular weight is 573 g/mol. The lowest BCUT2D eigenvalue weighted by Gasteiger charge is -2.25. The van der Waals surface area contributed by atoms with E-state index in [9.17, 15) is 15.0 Å². The Labute approximate surface area is 231 Å². The van der Waals surface area contributed by atoms with Gasteiger partial charge in [-0.1, -0.05) is 34.4 Å². The van der Waals surface area contributed by atoms with E-state index in [1.165, 1.54) is 17.4 Å². The van der Waals surface area contributed by atoms with E-state index in [2.05, 4.69) is 10.1 Å². The number of aromatic carboxylic acids is 1. The van der Waals surface area contributed by atoms with Gasteiger partial charge in [0.1, 0.15) is 22.1 Å². The molecular weight excluding hydrogens is 551 g/mol. The maximum Gasteiger partial charge on any atom is 0.335 e. The topological polar surface area (TPSA) is 115 Å². The van der Waals surface area contributed by atoms with Crippen molar-refractivity contribution in [2.75, 3.05) is 6.61 Å². The molecule has 2 bridgehead atoms. The average Bonchev–Trinajstić information content (AvgIpc) is 3.26. The van der Waals surface area contributed by atoms with Crippen LogP contribution in [0.15, 0.2) is 40.9 Å². The van der Waals surface area contributed by atoms with E-state index in [1.54, 1.807) is 30.3 Å². The number of ether oxygens (including phenoxy) is 2. The molecule has 196 valence electrons. The Kier molecular flexibility index (Phi) is 5.81.